The highest BCUT2D eigenvalue weighted by Crippen LogP contribution is 2.27. The molecular formula is C14H21N3O2. The number of anilines is 2. The zero-order valence-corrected chi connectivity index (χ0v) is 11.5. The van der Waals surface area contributed by atoms with Crippen molar-refractivity contribution in [1.82, 2.24) is 4.90 Å². The van der Waals surface area contributed by atoms with Gasteiger partial charge in [0.25, 0.3) is 0 Å². The van der Waals surface area contributed by atoms with E-state index in [2.05, 4.69) is 23.8 Å². The molecule has 19 heavy (non-hydrogen) atoms. The highest BCUT2D eigenvalue weighted by Gasteiger charge is 2.23. The number of carbonyl (C=O) groups is 1. The van der Waals surface area contributed by atoms with Crippen LogP contribution >= 0.6 is 0 Å². The van der Waals surface area contributed by atoms with Crippen molar-refractivity contribution < 1.29 is 9.90 Å². The van der Waals surface area contributed by atoms with Gasteiger partial charge >= 0.3 is 5.97 Å². The molecule has 1 saturated heterocycles. The van der Waals surface area contributed by atoms with E-state index < -0.39 is 5.97 Å². The molecule has 1 heterocycles. The Labute approximate surface area is 113 Å². The van der Waals surface area contributed by atoms with Gasteiger partial charge in [0.15, 0.2) is 0 Å². The second kappa shape index (κ2) is 5.48. The van der Waals surface area contributed by atoms with Crippen LogP contribution in [0.3, 0.4) is 0 Å². The van der Waals surface area contributed by atoms with Gasteiger partial charge in [-0.15, -0.1) is 0 Å². The third-order valence-electron chi connectivity index (χ3n) is 3.61. The summed E-state index contributed by atoms with van der Waals surface area (Å²) in [6.45, 7) is 4.94. The van der Waals surface area contributed by atoms with Gasteiger partial charge in [-0.25, -0.2) is 4.79 Å². The van der Waals surface area contributed by atoms with Crippen molar-refractivity contribution >= 4 is 17.3 Å². The van der Waals surface area contributed by atoms with Crippen molar-refractivity contribution in [1.29, 1.82) is 0 Å². The molecule has 1 aliphatic rings. The Balaban J connectivity index is 2.38. The van der Waals surface area contributed by atoms with Gasteiger partial charge in [0.05, 0.1) is 11.3 Å². The summed E-state index contributed by atoms with van der Waals surface area (Å²) in [5.41, 5.74) is 7.47. The minimum Gasteiger partial charge on any atom is -0.478 e. The first kappa shape index (κ1) is 13.7. The maximum Gasteiger partial charge on any atom is 0.337 e. The van der Waals surface area contributed by atoms with Crippen LogP contribution in [0.1, 0.15) is 23.7 Å². The minimum absolute atomic E-state index is 0.271. The third-order valence-corrected chi connectivity index (χ3v) is 3.61. The molecule has 0 bridgehead atoms. The lowest BCUT2D eigenvalue weighted by Gasteiger charge is -2.31. The summed E-state index contributed by atoms with van der Waals surface area (Å²) in [5, 5.41) is 9.32. The Morgan fingerprint density at radius 2 is 2.16 bits per heavy atom. The molecule has 1 unspecified atom stereocenters. The average molecular weight is 263 g/mol. The highest BCUT2D eigenvalue weighted by molar-refractivity contribution is 5.95. The van der Waals surface area contributed by atoms with E-state index in [0.29, 0.717) is 11.3 Å². The summed E-state index contributed by atoms with van der Waals surface area (Å²) < 4.78 is 0. The predicted octanol–water partition coefficient (Wildman–Crippen LogP) is 1.50. The molecule has 5 heteroatoms. The molecule has 0 spiro atoms. The molecule has 0 radical (unpaired) electrons. The molecule has 0 amide bonds. The molecular weight excluding hydrogens is 242 g/mol. The largest absolute Gasteiger partial charge is 0.478 e. The lowest BCUT2D eigenvalue weighted by atomic mass is 10.1. The van der Waals surface area contributed by atoms with Gasteiger partial charge in [-0.1, -0.05) is 0 Å². The molecule has 5 nitrogen and oxygen atoms in total. The van der Waals surface area contributed by atoms with E-state index >= 15 is 0 Å². The molecule has 1 aromatic rings. The summed E-state index contributed by atoms with van der Waals surface area (Å²) in [5.74, 6) is -0.903. The SMILES string of the molecule is CC1CN(C)CCCN1c1cc(N)ccc1C(=O)O. The molecule has 2 rings (SSSR count). The van der Waals surface area contributed by atoms with Gasteiger partial charge in [-0.2, -0.15) is 0 Å². The number of nitrogens with two attached hydrogens (primary N) is 1. The maximum atomic E-state index is 11.4. The molecule has 1 atom stereocenters. The number of hydrogen-bond acceptors (Lipinski definition) is 4. The summed E-state index contributed by atoms with van der Waals surface area (Å²) in [7, 11) is 2.09. The standard InChI is InChI=1S/C14H21N3O2/c1-10-9-16(2)6-3-7-17(10)13-8-11(15)4-5-12(13)14(18)19/h4-5,8,10H,3,6-7,9,15H2,1-2H3,(H,18,19). The topological polar surface area (TPSA) is 69.8 Å². The predicted molar refractivity (Wildman–Crippen MR) is 76.7 cm³/mol. The van der Waals surface area contributed by atoms with Crippen LogP contribution in [0.2, 0.25) is 0 Å². The van der Waals surface area contributed by atoms with E-state index in [1.807, 2.05) is 0 Å². The molecule has 0 aromatic heterocycles. The van der Waals surface area contributed by atoms with Crippen LogP contribution in [0, 0.1) is 0 Å². The van der Waals surface area contributed by atoms with Crippen molar-refractivity contribution in [3.63, 3.8) is 0 Å². The number of hydrogen-bond donors (Lipinski definition) is 2. The quantitative estimate of drug-likeness (QED) is 0.791. The molecule has 0 aliphatic carbocycles. The van der Waals surface area contributed by atoms with Crippen LogP contribution in [0.25, 0.3) is 0 Å². The normalized spacial score (nSPS) is 21.2. The summed E-state index contributed by atoms with van der Waals surface area (Å²) in [6.07, 6.45) is 1.02. The van der Waals surface area contributed by atoms with Gasteiger partial charge in [0.1, 0.15) is 0 Å². The Morgan fingerprint density at radius 3 is 2.84 bits per heavy atom. The highest BCUT2D eigenvalue weighted by atomic mass is 16.4. The number of carboxylic acids is 1. The fraction of sp³-hybridized carbons (Fsp3) is 0.500. The second-order valence-electron chi connectivity index (χ2n) is 5.24. The van der Waals surface area contributed by atoms with E-state index in [1.165, 1.54) is 0 Å². The second-order valence-corrected chi connectivity index (χ2v) is 5.24. The number of aromatic carboxylic acids is 1. The lowest BCUT2D eigenvalue weighted by molar-refractivity contribution is 0.0697. The summed E-state index contributed by atoms with van der Waals surface area (Å²) in [4.78, 5) is 15.8. The van der Waals surface area contributed by atoms with E-state index in [0.717, 1.165) is 31.7 Å². The molecule has 0 saturated carbocycles. The smallest absolute Gasteiger partial charge is 0.337 e. The van der Waals surface area contributed by atoms with Crippen LogP contribution < -0.4 is 10.6 Å². The van der Waals surface area contributed by atoms with Crippen LogP contribution in [-0.2, 0) is 0 Å². The molecule has 1 aromatic carbocycles. The Bertz CT molecular complexity index is 476. The number of likely N-dealkylation sites (N-methyl/N-ethyl adjacent to an activating group) is 1. The minimum atomic E-state index is -0.903. The van der Waals surface area contributed by atoms with Crippen LogP contribution in [0.15, 0.2) is 18.2 Å². The van der Waals surface area contributed by atoms with Gasteiger partial charge in [-0.3, -0.25) is 0 Å². The summed E-state index contributed by atoms with van der Waals surface area (Å²) >= 11 is 0. The molecule has 1 aliphatic heterocycles. The van der Waals surface area contributed by atoms with E-state index in [-0.39, 0.29) is 6.04 Å². The first-order chi connectivity index (χ1) is 8.99. The van der Waals surface area contributed by atoms with Gasteiger partial charge in [-0.05, 0) is 45.1 Å². The number of nitrogens with zero attached hydrogens (tertiary/aromatic N) is 2. The zero-order valence-electron chi connectivity index (χ0n) is 11.5. The fourth-order valence-electron chi connectivity index (χ4n) is 2.70. The van der Waals surface area contributed by atoms with Crippen molar-refractivity contribution in [2.45, 2.75) is 19.4 Å². The van der Waals surface area contributed by atoms with E-state index in [9.17, 15) is 9.90 Å². The third kappa shape index (κ3) is 2.98. The first-order valence-corrected chi connectivity index (χ1v) is 6.57. The van der Waals surface area contributed by atoms with E-state index in [4.69, 9.17) is 5.73 Å². The first-order valence-electron chi connectivity index (χ1n) is 6.57. The number of benzene rings is 1. The van der Waals surface area contributed by atoms with Gasteiger partial charge < -0.3 is 20.6 Å². The Hall–Kier alpha value is -1.75. The summed E-state index contributed by atoms with van der Waals surface area (Å²) in [6, 6.07) is 5.27. The average Bonchev–Trinajstić information content (AvgIpc) is 2.49. The number of rotatable bonds is 2. The van der Waals surface area contributed by atoms with Gasteiger partial charge in [0.2, 0.25) is 0 Å². The number of carboxylic acid groups (broad SMARTS) is 1. The lowest BCUT2D eigenvalue weighted by Crippen LogP contribution is -2.38. The van der Waals surface area contributed by atoms with Crippen molar-refractivity contribution in [2.75, 3.05) is 37.3 Å². The van der Waals surface area contributed by atoms with Crippen LogP contribution in [0.5, 0.6) is 0 Å². The van der Waals surface area contributed by atoms with Crippen molar-refractivity contribution in [3.05, 3.63) is 23.8 Å². The van der Waals surface area contributed by atoms with Crippen LogP contribution in [-0.4, -0.2) is 48.7 Å². The molecule has 3 N–H and O–H groups in total. The Kier molecular flexibility index (Phi) is 3.95. The Morgan fingerprint density at radius 1 is 1.42 bits per heavy atom. The maximum absolute atomic E-state index is 11.4. The van der Waals surface area contributed by atoms with Crippen molar-refractivity contribution in [3.8, 4) is 0 Å². The van der Waals surface area contributed by atoms with Crippen molar-refractivity contribution in [2.24, 2.45) is 0 Å². The molecule has 1 fully saturated rings. The van der Waals surface area contributed by atoms with Crippen LogP contribution in [0.4, 0.5) is 11.4 Å². The van der Waals surface area contributed by atoms with Gasteiger partial charge in [0, 0.05) is 24.8 Å². The zero-order chi connectivity index (χ0) is 14.0. The molecule has 104 valence electrons. The van der Waals surface area contributed by atoms with E-state index in [1.54, 1.807) is 18.2 Å². The monoisotopic (exact) mass is 263 g/mol. The fourth-order valence-corrected chi connectivity index (χ4v) is 2.70. The number of nitrogen functional groups attached to an aromatic ring is 1.